The van der Waals surface area contributed by atoms with Crippen molar-refractivity contribution < 1.29 is 9.53 Å². The van der Waals surface area contributed by atoms with Crippen LogP contribution in [0.5, 0.6) is 5.88 Å². The number of anilines is 1. The molecule has 0 aliphatic carbocycles. The van der Waals surface area contributed by atoms with Gasteiger partial charge in [0.1, 0.15) is 6.10 Å². The fourth-order valence-corrected chi connectivity index (χ4v) is 3.35. The number of rotatable bonds is 4. The highest BCUT2D eigenvalue weighted by atomic mass is 32.1. The van der Waals surface area contributed by atoms with E-state index in [1.54, 1.807) is 12.4 Å². The van der Waals surface area contributed by atoms with Gasteiger partial charge in [0.25, 0.3) is 5.91 Å². The molecular formula is C16H20N4O2S. The van der Waals surface area contributed by atoms with Gasteiger partial charge in [0.2, 0.25) is 5.88 Å². The Morgan fingerprint density at radius 2 is 2.26 bits per heavy atom. The standard InChI is InChI=1S/C16H20N4O2S/c1-11-6-13(23-10-11)16(21)20-5-4-12(9-20)22-15-8-17-7-14(18-15)19(2)3/h6-8,10,12H,4-5,9H2,1-3H3/t12-/m1/s1. The summed E-state index contributed by atoms with van der Waals surface area (Å²) in [6, 6.07) is 1.94. The maximum absolute atomic E-state index is 12.4. The van der Waals surface area contributed by atoms with E-state index < -0.39 is 0 Å². The second-order valence-electron chi connectivity index (χ2n) is 5.88. The number of hydrogen-bond donors (Lipinski definition) is 0. The lowest BCUT2D eigenvalue weighted by atomic mass is 10.3. The van der Waals surface area contributed by atoms with Gasteiger partial charge in [-0.15, -0.1) is 11.3 Å². The second-order valence-corrected chi connectivity index (χ2v) is 6.79. The quantitative estimate of drug-likeness (QED) is 0.859. The highest BCUT2D eigenvalue weighted by molar-refractivity contribution is 7.12. The first-order valence-electron chi connectivity index (χ1n) is 7.53. The molecule has 0 spiro atoms. The van der Waals surface area contributed by atoms with Crippen molar-refractivity contribution in [2.24, 2.45) is 0 Å². The molecule has 0 aromatic carbocycles. The van der Waals surface area contributed by atoms with E-state index >= 15 is 0 Å². The first-order valence-corrected chi connectivity index (χ1v) is 8.41. The highest BCUT2D eigenvalue weighted by Gasteiger charge is 2.29. The van der Waals surface area contributed by atoms with E-state index in [-0.39, 0.29) is 12.0 Å². The van der Waals surface area contributed by atoms with Crippen LogP contribution in [0, 0.1) is 6.92 Å². The van der Waals surface area contributed by atoms with Gasteiger partial charge in [0.05, 0.1) is 23.8 Å². The number of ether oxygens (including phenoxy) is 1. The van der Waals surface area contributed by atoms with Gasteiger partial charge in [-0.3, -0.25) is 9.78 Å². The molecule has 0 radical (unpaired) electrons. The third-order valence-electron chi connectivity index (χ3n) is 3.72. The molecule has 0 N–H and O–H groups in total. The van der Waals surface area contributed by atoms with E-state index in [2.05, 4.69) is 9.97 Å². The average molecular weight is 332 g/mol. The summed E-state index contributed by atoms with van der Waals surface area (Å²) >= 11 is 1.49. The van der Waals surface area contributed by atoms with Crippen LogP contribution in [-0.2, 0) is 0 Å². The smallest absolute Gasteiger partial charge is 0.264 e. The minimum Gasteiger partial charge on any atom is -0.471 e. The molecule has 3 rings (SSSR count). The van der Waals surface area contributed by atoms with Gasteiger partial charge in [0.15, 0.2) is 5.82 Å². The summed E-state index contributed by atoms with van der Waals surface area (Å²) in [6.45, 7) is 3.30. The van der Waals surface area contributed by atoms with Crippen molar-refractivity contribution >= 4 is 23.1 Å². The molecule has 0 bridgehead atoms. The van der Waals surface area contributed by atoms with Gasteiger partial charge in [-0.2, -0.15) is 4.98 Å². The molecule has 3 heterocycles. The monoisotopic (exact) mass is 332 g/mol. The number of nitrogens with zero attached hydrogens (tertiary/aromatic N) is 4. The lowest BCUT2D eigenvalue weighted by Gasteiger charge is -2.17. The fourth-order valence-electron chi connectivity index (χ4n) is 2.49. The third-order valence-corrected chi connectivity index (χ3v) is 4.75. The summed E-state index contributed by atoms with van der Waals surface area (Å²) in [6.07, 6.45) is 4.08. The molecule has 1 amide bonds. The number of carbonyl (C=O) groups excluding carboxylic acids is 1. The minimum atomic E-state index is -0.0354. The van der Waals surface area contributed by atoms with Gasteiger partial charge >= 0.3 is 0 Å². The molecule has 1 aliphatic heterocycles. The molecule has 0 unspecified atom stereocenters. The minimum absolute atomic E-state index is 0.0354. The topological polar surface area (TPSA) is 58.6 Å². The molecule has 0 saturated carbocycles. The Labute approximate surface area is 139 Å². The van der Waals surface area contributed by atoms with Crippen LogP contribution in [0.4, 0.5) is 5.82 Å². The molecule has 1 aliphatic rings. The van der Waals surface area contributed by atoms with Gasteiger partial charge in [-0.1, -0.05) is 0 Å². The van der Waals surface area contributed by atoms with E-state index in [9.17, 15) is 4.79 Å². The second kappa shape index (κ2) is 6.54. The number of aryl methyl sites for hydroxylation is 1. The van der Waals surface area contributed by atoms with Crippen molar-refractivity contribution in [3.8, 4) is 5.88 Å². The summed E-state index contributed by atoms with van der Waals surface area (Å²) in [4.78, 5) is 25.5. The molecular weight excluding hydrogens is 312 g/mol. The van der Waals surface area contributed by atoms with Crippen molar-refractivity contribution in [1.82, 2.24) is 14.9 Å². The van der Waals surface area contributed by atoms with Crippen LogP contribution in [0.2, 0.25) is 0 Å². The van der Waals surface area contributed by atoms with Crippen molar-refractivity contribution in [3.63, 3.8) is 0 Å². The van der Waals surface area contributed by atoms with Gasteiger partial charge < -0.3 is 14.5 Å². The van der Waals surface area contributed by atoms with Crippen LogP contribution in [0.15, 0.2) is 23.8 Å². The van der Waals surface area contributed by atoms with E-state index in [1.807, 2.05) is 42.3 Å². The van der Waals surface area contributed by atoms with E-state index in [1.165, 1.54) is 11.3 Å². The molecule has 122 valence electrons. The van der Waals surface area contributed by atoms with Crippen LogP contribution < -0.4 is 9.64 Å². The van der Waals surface area contributed by atoms with Crippen molar-refractivity contribution in [2.75, 3.05) is 32.1 Å². The number of aromatic nitrogens is 2. The van der Waals surface area contributed by atoms with Gasteiger partial charge in [0, 0.05) is 27.1 Å². The molecule has 23 heavy (non-hydrogen) atoms. The Balaban J connectivity index is 1.62. The van der Waals surface area contributed by atoms with E-state index in [0.717, 1.165) is 22.7 Å². The first kappa shape index (κ1) is 15.7. The van der Waals surface area contributed by atoms with Crippen molar-refractivity contribution in [2.45, 2.75) is 19.4 Å². The number of hydrogen-bond acceptors (Lipinski definition) is 6. The normalized spacial score (nSPS) is 17.3. The fraction of sp³-hybridized carbons (Fsp3) is 0.438. The van der Waals surface area contributed by atoms with Crippen LogP contribution in [-0.4, -0.2) is 54.1 Å². The summed E-state index contributed by atoms with van der Waals surface area (Å²) < 4.78 is 5.90. The summed E-state index contributed by atoms with van der Waals surface area (Å²) in [5.74, 6) is 1.34. The Kier molecular flexibility index (Phi) is 4.47. The molecule has 7 heteroatoms. The van der Waals surface area contributed by atoms with E-state index in [0.29, 0.717) is 19.0 Å². The zero-order chi connectivity index (χ0) is 16.4. The molecule has 1 fully saturated rings. The van der Waals surface area contributed by atoms with Gasteiger partial charge in [-0.05, 0) is 23.9 Å². The zero-order valence-electron chi connectivity index (χ0n) is 13.5. The van der Waals surface area contributed by atoms with Crippen LogP contribution in [0.1, 0.15) is 21.7 Å². The Hall–Kier alpha value is -2.15. The molecule has 2 aromatic rings. The number of thiophene rings is 1. The first-order chi connectivity index (χ1) is 11.0. The van der Waals surface area contributed by atoms with E-state index in [4.69, 9.17) is 4.74 Å². The Morgan fingerprint density at radius 3 is 2.96 bits per heavy atom. The van der Waals surface area contributed by atoms with Crippen LogP contribution in [0.3, 0.4) is 0 Å². The Bertz CT molecular complexity index is 701. The number of likely N-dealkylation sites (tertiary alicyclic amines) is 1. The highest BCUT2D eigenvalue weighted by Crippen LogP contribution is 2.22. The summed E-state index contributed by atoms with van der Waals surface area (Å²) in [5.41, 5.74) is 1.13. The summed E-state index contributed by atoms with van der Waals surface area (Å²) in [5, 5.41) is 2.00. The average Bonchev–Trinajstić information content (AvgIpc) is 3.16. The van der Waals surface area contributed by atoms with Gasteiger partial charge in [-0.25, -0.2) is 0 Å². The summed E-state index contributed by atoms with van der Waals surface area (Å²) in [7, 11) is 3.82. The predicted octanol–water partition coefficient (Wildman–Crippen LogP) is 2.21. The SMILES string of the molecule is Cc1csc(C(=O)N2CC[C@@H](Oc3cncc(N(C)C)n3)C2)c1. The lowest BCUT2D eigenvalue weighted by Crippen LogP contribution is -2.30. The predicted molar refractivity (Wildman–Crippen MR) is 90.4 cm³/mol. The third kappa shape index (κ3) is 3.61. The van der Waals surface area contributed by atoms with Crippen molar-refractivity contribution in [1.29, 1.82) is 0 Å². The lowest BCUT2D eigenvalue weighted by molar-refractivity contribution is 0.0776. The molecule has 2 aromatic heterocycles. The Morgan fingerprint density at radius 1 is 1.43 bits per heavy atom. The van der Waals surface area contributed by atoms with Crippen LogP contribution in [0.25, 0.3) is 0 Å². The molecule has 6 nitrogen and oxygen atoms in total. The number of carbonyl (C=O) groups is 1. The zero-order valence-corrected chi connectivity index (χ0v) is 14.3. The van der Waals surface area contributed by atoms with Crippen molar-refractivity contribution in [3.05, 3.63) is 34.3 Å². The maximum Gasteiger partial charge on any atom is 0.264 e. The maximum atomic E-state index is 12.4. The largest absolute Gasteiger partial charge is 0.471 e. The molecule has 1 atom stereocenters. The van der Waals surface area contributed by atoms with Crippen LogP contribution >= 0.6 is 11.3 Å². The molecule has 1 saturated heterocycles. The number of amides is 1.